The number of halogens is 1. The van der Waals surface area contributed by atoms with Crippen LogP contribution in [0.5, 0.6) is 0 Å². The van der Waals surface area contributed by atoms with Crippen molar-refractivity contribution < 1.29 is 27.1 Å². The second kappa shape index (κ2) is 8.62. The molecule has 0 aromatic heterocycles. The highest BCUT2D eigenvalue weighted by molar-refractivity contribution is 7.89. The lowest BCUT2D eigenvalue weighted by Gasteiger charge is -2.25. The van der Waals surface area contributed by atoms with E-state index >= 15 is 0 Å². The molecule has 0 N–H and O–H groups in total. The summed E-state index contributed by atoms with van der Waals surface area (Å²) < 4.78 is 44.7. The summed E-state index contributed by atoms with van der Waals surface area (Å²) in [4.78, 5) is 24.2. The molecule has 8 heteroatoms. The number of esters is 1. The normalized spacial score (nSPS) is 15.2. The molecule has 0 spiro atoms. The quantitative estimate of drug-likeness (QED) is 0.545. The van der Waals surface area contributed by atoms with Crippen LogP contribution in [-0.4, -0.2) is 44.2 Å². The van der Waals surface area contributed by atoms with E-state index in [2.05, 4.69) is 0 Å². The maximum Gasteiger partial charge on any atom is 0.338 e. The number of nitrogens with zero attached hydrogens (tertiary/aromatic N) is 1. The van der Waals surface area contributed by atoms with Crippen molar-refractivity contribution in [3.8, 4) is 0 Å². The Kier molecular flexibility index (Phi) is 6.21. The van der Waals surface area contributed by atoms with E-state index in [1.165, 1.54) is 46.8 Å². The number of ketones is 1. The van der Waals surface area contributed by atoms with E-state index in [0.29, 0.717) is 13.1 Å². The van der Waals surface area contributed by atoms with Gasteiger partial charge in [0.05, 0.1) is 10.5 Å². The van der Waals surface area contributed by atoms with Gasteiger partial charge in [0.1, 0.15) is 5.82 Å². The van der Waals surface area contributed by atoms with Crippen LogP contribution in [0.1, 0.15) is 40.0 Å². The molecule has 1 aliphatic heterocycles. The molecule has 28 heavy (non-hydrogen) atoms. The monoisotopic (exact) mass is 405 g/mol. The number of piperidine rings is 1. The lowest BCUT2D eigenvalue weighted by Crippen LogP contribution is -2.35. The van der Waals surface area contributed by atoms with E-state index in [1.54, 1.807) is 0 Å². The van der Waals surface area contributed by atoms with Gasteiger partial charge in [0.15, 0.2) is 12.4 Å². The Morgan fingerprint density at radius 1 is 0.964 bits per heavy atom. The zero-order valence-electron chi connectivity index (χ0n) is 15.1. The number of hydrogen-bond acceptors (Lipinski definition) is 5. The molecule has 1 heterocycles. The van der Waals surface area contributed by atoms with Crippen LogP contribution in [0.15, 0.2) is 53.4 Å². The van der Waals surface area contributed by atoms with E-state index in [9.17, 15) is 22.4 Å². The van der Waals surface area contributed by atoms with E-state index in [1.807, 2.05) is 0 Å². The van der Waals surface area contributed by atoms with Crippen LogP contribution < -0.4 is 0 Å². The molecule has 0 amide bonds. The molecule has 3 rings (SSSR count). The number of rotatable bonds is 6. The van der Waals surface area contributed by atoms with Crippen molar-refractivity contribution in [1.29, 1.82) is 0 Å². The zero-order valence-corrected chi connectivity index (χ0v) is 16.0. The highest BCUT2D eigenvalue weighted by atomic mass is 32.2. The minimum Gasteiger partial charge on any atom is -0.454 e. The van der Waals surface area contributed by atoms with Crippen LogP contribution in [0.3, 0.4) is 0 Å². The fraction of sp³-hybridized carbons (Fsp3) is 0.300. The second-order valence-electron chi connectivity index (χ2n) is 6.50. The minimum absolute atomic E-state index is 0.00997. The number of ether oxygens (including phenoxy) is 1. The summed E-state index contributed by atoms with van der Waals surface area (Å²) in [6.07, 6.45) is 2.70. The molecule has 0 aliphatic carbocycles. The van der Waals surface area contributed by atoms with Crippen molar-refractivity contribution in [1.82, 2.24) is 4.31 Å². The maximum atomic E-state index is 13.1. The van der Waals surface area contributed by atoms with Crippen molar-refractivity contribution in [2.24, 2.45) is 0 Å². The van der Waals surface area contributed by atoms with Gasteiger partial charge in [-0.25, -0.2) is 17.6 Å². The minimum atomic E-state index is -3.57. The van der Waals surface area contributed by atoms with Crippen molar-refractivity contribution >= 4 is 21.8 Å². The van der Waals surface area contributed by atoms with Crippen molar-refractivity contribution in [3.05, 3.63) is 65.5 Å². The number of hydrogen-bond donors (Lipinski definition) is 0. The first-order valence-corrected chi connectivity index (χ1v) is 10.4. The van der Waals surface area contributed by atoms with Gasteiger partial charge in [0.25, 0.3) is 0 Å². The molecule has 0 unspecified atom stereocenters. The number of Topliss-reactive ketones (excluding diaryl/α,β-unsaturated/α-hetero) is 1. The van der Waals surface area contributed by atoms with Gasteiger partial charge in [-0.15, -0.1) is 0 Å². The summed E-state index contributed by atoms with van der Waals surface area (Å²) in [5.74, 6) is -1.87. The van der Waals surface area contributed by atoms with Crippen molar-refractivity contribution in [2.75, 3.05) is 19.7 Å². The Balaban J connectivity index is 1.63. The number of carbonyl (C=O) groups is 2. The van der Waals surface area contributed by atoms with Gasteiger partial charge in [-0.05, 0) is 55.3 Å². The first-order valence-electron chi connectivity index (χ1n) is 8.94. The predicted molar refractivity (Wildman–Crippen MR) is 100 cm³/mol. The molecular formula is C20H20FNO5S. The lowest BCUT2D eigenvalue weighted by molar-refractivity contribution is 0.0474. The maximum absolute atomic E-state index is 13.1. The number of benzene rings is 2. The fourth-order valence-corrected chi connectivity index (χ4v) is 4.50. The first-order chi connectivity index (χ1) is 13.4. The average molecular weight is 405 g/mol. The molecule has 1 aliphatic rings. The molecular weight excluding hydrogens is 385 g/mol. The summed E-state index contributed by atoms with van der Waals surface area (Å²) in [6.45, 7) is 0.478. The SMILES string of the molecule is O=C(COC(=O)c1cccc(F)c1)c1ccc(S(=O)(=O)N2CCCCC2)cc1. The summed E-state index contributed by atoms with van der Waals surface area (Å²) in [7, 11) is -3.57. The molecule has 0 atom stereocenters. The van der Waals surface area contributed by atoms with Crippen LogP contribution in [0, 0.1) is 5.82 Å². The molecule has 148 valence electrons. The summed E-state index contributed by atoms with van der Waals surface area (Å²) in [5.41, 5.74) is 0.236. The Bertz CT molecular complexity index is 966. The van der Waals surface area contributed by atoms with E-state index < -0.39 is 34.2 Å². The molecule has 1 saturated heterocycles. The second-order valence-corrected chi connectivity index (χ2v) is 8.44. The highest BCUT2D eigenvalue weighted by Crippen LogP contribution is 2.21. The van der Waals surface area contributed by atoms with Gasteiger partial charge in [0, 0.05) is 18.7 Å². The average Bonchev–Trinajstić information content (AvgIpc) is 2.72. The van der Waals surface area contributed by atoms with Gasteiger partial charge >= 0.3 is 5.97 Å². The third-order valence-corrected chi connectivity index (χ3v) is 6.44. The Labute approximate surface area is 163 Å². The van der Waals surface area contributed by atoms with Crippen LogP contribution in [0.4, 0.5) is 4.39 Å². The van der Waals surface area contributed by atoms with Crippen LogP contribution in [0.2, 0.25) is 0 Å². The van der Waals surface area contributed by atoms with E-state index in [-0.39, 0.29) is 16.0 Å². The summed E-state index contributed by atoms with van der Waals surface area (Å²) in [6, 6.07) is 10.5. The molecule has 2 aromatic rings. The van der Waals surface area contributed by atoms with Crippen LogP contribution in [0.25, 0.3) is 0 Å². The Morgan fingerprint density at radius 3 is 2.29 bits per heavy atom. The molecule has 0 radical (unpaired) electrons. The highest BCUT2D eigenvalue weighted by Gasteiger charge is 2.26. The van der Waals surface area contributed by atoms with Gasteiger partial charge < -0.3 is 4.74 Å². The van der Waals surface area contributed by atoms with Crippen molar-refractivity contribution in [2.45, 2.75) is 24.2 Å². The standard InChI is InChI=1S/C20H20FNO5S/c21-17-6-4-5-16(13-17)20(24)27-14-19(23)15-7-9-18(10-8-15)28(25,26)22-11-2-1-3-12-22/h4-10,13H,1-3,11-12,14H2. The van der Waals surface area contributed by atoms with Crippen molar-refractivity contribution in [3.63, 3.8) is 0 Å². The van der Waals surface area contributed by atoms with Crippen LogP contribution in [-0.2, 0) is 14.8 Å². The molecule has 6 nitrogen and oxygen atoms in total. The molecule has 2 aromatic carbocycles. The smallest absolute Gasteiger partial charge is 0.338 e. The Hall–Kier alpha value is -2.58. The van der Waals surface area contributed by atoms with E-state index in [4.69, 9.17) is 4.74 Å². The fourth-order valence-electron chi connectivity index (χ4n) is 2.98. The van der Waals surface area contributed by atoms with Gasteiger partial charge in [-0.3, -0.25) is 4.79 Å². The molecule has 1 fully saturated rings. The van der Waals surface area contributed by atoms with Gasteiger partial charge in [0.2, 0.25) is 10.0 Å². The largest absolute Gasteiger partial charge is 0.454 e. The topological polar surface area (TPSA) is 80.8 Å². The predicted octanol–water partition coefficient (Wildman–Crippen LogP) is 3.04. The zero-order chi connectivity index (χ0) is 20.1. The van der Waals surface area contributed by atoms with Crippen LogP contribution >= 0.6 is 0 Å². The third-order valence-electron chi connectivity index (χ3n) is 4.52. The lowest BCUT2D eigenvalue weighted by atomic mass is 10.1. The molecule has 0 saturated carbocycles. The number of carbonyl (C=O) groups excluding carboxylic acids is 2. The summed E-state index contributed by atoms with van der Waals surface area (Å²) >= 11 is 0. The Morgan fingerprint density at radius 2 is 1.64 bits per heavy atom. The summed E-state index contributed by atoms with van der Waals surface area (Å²) in [5, 5.41) is 0. The third kappa shape index (κ3) is 4.63. The van der Waals surface area contributed by atoms with Gasteiger partial charge in [-0.1, -0.05) is 12.5 Å². The van der Waals surface area contributed by atoms with Gasteiger partial charge in [-0.2, -0.15) is 4.31 Å². The molecule has 0 bridgehead atoms. The van der Waals surface area contributed by atoms with E-state index in [0.717, 1.165) is 25.3 Å². The number of sulfonamides is 1. The first kappa shape index (κ1) is 20.2.